The Balaban J connectivity index is 4.40. The van der Waals surface area contributed by atoms with Gasteiger partial charge in [0.25, 0.3) is 9.84 Å². The zero-order valence-electron chi connectivity index (χ0n) is 12.0. The van der Waals surface area contributed by atoms with E-state index >= 15 is 0 Å². The molecule has 0 heterocycles. The van der Waals surface area contributed by atoms with Gasteiger partial charge >= 0.3 is 11.7 Å². The monoisotopic (exact) mass is 354 g/mol. The highest BCUT2D eigenvalue weighted by Gasteiger charge is 2.59. The number of rotatable bonds is 10. The summed E-state index contributed by atoms with van der Waals surface area (Å²) >= 11 is 0. The number of halogens is 6. The lowest BCUT2D eigenvalue weighted by molar-refractivity contribution is -0.136. The first-order chi connectivity index (χ1) is 9.94. The molecule has 0 aromatic heterocycles. The van der Waals surface area contributed by atoms with E-state index in [9.17, 15) is 34.8 Å². The molecule has 0 aliphatic heterocycles. The number of hydrogen-bond acceptors (Lipinski definition) is 2. The van der Waals surface area contributed by atoms with Crippen molar-refractivity contribution in [3.05, 3.63) is 12.7 Å². The fourth-order valence-corrected chi connectivity index (χ4v) is 3.13. The minimum atomic E-state index is -6.24. The van der Waals surface area contributed by atoms with Crippen LogP contribution in [0, 0.1) is 0 Å². The third kappa shape index (κ3) is 7.02. The van der Waals surface area contributed by atoms with Gasteiger partial charge in [0.05, 0.1) is 0 Å². The minimum Gasteiger partial charge on any atom is -0.219 e. The zero-order chi connectivity index (χ0) is 17.4. The standard InChI is InChI=1S/C13H20F6O2S/c1-2-3-4-5-6-7-8-9-10-11(12(14,15)16)22(20,21)13(17,18)19/h2,11H,1,3-10H2. The maximum atomic E-state index is 12.6. The van der Waals surface area contributed by atoms with Crippen molar-refractivity contribution >= 4 is 9.84 Å². The van der Waals surface area contributed by atoms with Crippen molar-refractivity contribution < 1.29 is 34.8 Å². The molecule has 0 N–H and O–H groups in total. The Kier molecular flexibility index (Phi) is 8.49. The predicted molar refractivity (Wildman–Crippen MR) is 72.0 cm³/mol. The van der Waals surface area contributed by atoms with Crippen LogP contribution in [0.25, 0.3) is 0 Å². The van der Waals surface area contributed by atoms with Crippen LogP contribution < -0.4 is 0 Å². The van der Waals surface area contributed by atoms with Gasteiger partial charge in [-0.2, -0.15) is 26.3 Å². The molecule has 0 radical (unpaired) electrons. The lowest BCUT2D eigenvalue weighted by atomic mass is 10.1. The van der Waals surface area contributed by atoms with Crippen LogP contribution in [0.5, 0.6) is 0 Å². The molecule has 0 saturated heterocycles. The quantitative estimate of drug-likeness (QED) is 0.309. The maximum absolute atomic E-state index is 12.6. The average Bonchev–Trinajstić information content (AvgIpc) is 2.33. The normalized spacial score (nSPS) is 14.8. The van der Waals surface area contributed by atoms with Gasteiger partial charge in [0.1, 0.15) is 0 Å². The molecule has 0 bridgehead atoms. The lowest BCUT2D eigenvalue weighted by Crippen LogP contribution is -2.43. The molecule has 22 heavy (non-hydrogen) atoms. The molecule has 9 heteroatoms. The van der Waals surface area contributed by atoms with Gasteiger partial charge in [-0.05, 0) is 19.3 Å². The van der Waals surface area contributed by atoms with Crippen LogP contribution in [0.2, 0.25) is 0 Å². The first-order valence-electron chi connectivity index (χ1n) is 6.92. The van der Waals surface area contributed by atoms with Crippen molar-refractivity contribution in [2.24, 2.45) is 0 Å². The van der Waals surface area contributed by atoms with Gasteiger partial charge in [0.15, 0.2) is 5.25 Å². The third-order valence-electron chi connectivity index (χ3n) is 3.19. The highest BCUT2D eigenvalue weighted by atomic mass is 32.2. The molecular weight excluding hydrogens is 334 g/mol. The fourth-order valence-electron chi connectivity index (χ4n) is 1.98. The van der Waals surface area contributed by atoms with Crippen LogP contribution in [-0.4, -0.2) is 25.4 Å². The Labute approximate surface area is 126 Å². The summed E-state index contributed by atoms with van der Waals surface area (Å²) in [7, 11) is -6.24. The number of unbranched alkanes of at least 4 members (excludes halogenated alkanes) is 6. The second-order valence-corrected chi connectivity index (χ2v) is 7.13. The number of hydrogen-bond donors (Lipinski definition) is 0. The van der Waals surface area contributed by atoms with Crippen molar-refractivity contribution in [3.63, 3.8) is 0 Å². The predicted octanol–water partition coefficient (Wildman–Crippen LogP) is 5.16. The van der Waals surface area contributed by atoms with E-state index in [0.717, 1.165) is 25.7 Å². The highest BCUT2D eigenvalue weighted by molar-refractivity contribution is 7.92. The summed E-state index contributed by atoms with van der Waals surface area (Å²) in [5, 5.41) is -3.37. The van der Waals surface area contributed by atoms with E-state index in [1.165, 1.54) is 0 Å². The summed E-state index contributed by atoms with van der Waals surface area (Å²) < 4.78 is 96.5. The fraction of sp³-hybridized carbons (Fsp3) is 0.846. The van der Waals surface area contributed by atoms with Crippen molar-refractivity contribution in [2.45, 2.75) is 68.3 Å². The molecule has 0 aliphatic rings. The van der Waals surface area contributed by atoms with E-state index in [0.29, 0.717) is 6.42 Å². The molecular formula is C13H20F6O2S. The zero-order valence-corrected chi connectivity index (χ0v) is 12.8. The second kappa shape index (κ2) is 8.79. The Morgan fingerprint density at radius 1 is 0.864 bits per heavy atom. The molecule has 0 rings (SSSR count). The van der Waals surface area contributed by atoms with Gasteiger partial charge in [-0.1, -0.05) is 38.2 Å². The summed E-state index contributed by atoms with van der Waals surface area (Å²) in [6, 6.07) is 0. The average molecular weight is 354 g/mol. The van der Waals surface area contributed by atoms with Crippen LogP contribution in [-0.2, 0) is 9.84 Å². The van der Waals surface area contributed by atoms with Crippen LogP contribution in [0.1, 0.15) is 51.4 Å². The molecule has 132 valence electrons. The molecule has 0 amide bonds. The Bertz CT molecular complexity index is 425. The summed E-state index contributed by atoms with van der Waals surface area (Å²) in [5.74, 6) is 0. The minimum absolute atomic E-state index is 0.207. The lowest BCUT2D eigenvalue weighted by Gasteiger charge is -2.21. The van der Waals surface area contributed by atoms with Gasteiger partial charge in [0, 0.05) is 0 Å². The first-order valence-corrected chi connectivity index (χ1v) is 8.47. The van der Waals surface area contributed by atoms with E-state index < -0.39 is 33.2 Å². The molecule has 1 atom stereocenters. The summed E-state index contributed by atoms with van der Waals surface area (Å²) in [5.41, 5.74) is -5.89. The van der Waals surface area contributed by atoms with E-state index in [1.54, 1.807) is 6.08 Å². The molecule has 0 aromatic carbocycles. The van der Waals surface area contributed by atoms with Crippen molar-refractivity contribution in [2.75, 3.05) is 0 Å². The van der Waals surface area contributed by atoms with Crippen LogP contribution in [0.3, 0.4) is 0 Å². The molecule has 1 unspecified atom stereocenters. The van der Waals surface area contributed by atoms with Gasteiger partial charge in [0.2, 0.25) is 0 Å². The van der Waals surface area contributed by atoms with E-state index in [4.69, 9.17) is 0 Å². The first kappa shape index (κ1) is 21.3. The summed E-state index contributed by atoms with van der Waals surface area (Å²) in [6.45, 7) is 3.54. The smallest absolute Gasteiger partial charge is 0.219 e. The van der Waals surface area contributed by atoms with Crippen molar-refractivity contribution in [1.29, 1.82) is 0 Å². The molecule has 0 aromatic rings. The van der Waals surface area contributed by atoms with Crippen LogP contribution in [0.4, 0.5) is 26.3 Å². The highest BCUT2D eigenvalue weighted by Crippen LogP contribution is 2.38. The molecule has 0 aliphatic carbocycles. The summed E-state index contributed by atoms with van der Waals surface area (Å²) in [4.78, 5) is 0. The SMILES string of the molecule is C=CCCCCCCCCC(C(F)(F)F)S(=O)(=O)C(F)(F)F. The Morgan fingerprint density at radius 3 is 1.73 bits per heavy atom. The molecule has 0 saturated carbocycles. The third-order valence-corrected chi connectivity index (χ3v) is 5.08. The van der Waals surface area contributed by atoms with Gasteiger partial charge in [-0.3, -0.25) is 0 Å². The molecule has 2 nitrogen and oxygen atoms in total. The van der Waals surface area contributed by atoms with Gasteiger partial charge in [-0.25, -0.2) is 8.42 Å². The van der Waals surface area contributed by atoms with Gasteiger partial charge < -0.3 is 0 Å². The molecule has 0 fully saturated rings. The van der Waals surface area contributed by atoms with Crippen molar-refractivity contribution in [1.82, 2.24) is 0 Å². The number of allylic oxidation sites excluding steroid dienone is 1. The van der Waals surface area contributed by atoms with Gasteiger partial charge in [-0.15, -0.1) is 6.58 Å². The maximum Gasteiger partial charge on any atom is 0.498 e. The Morgan fingerprint density at radius 2 is 1.32 bits per heavy atom. The second-order valence-electron chi connectivity index (χ2n) is 5.01. The van der Waals surface area contributed by atoms with E-state index in [1.807, 2.05) is 0 Å². The molecule has 0 spiro atoms. The topological polar surface area (TPSA) is 34.1 Å². The van der Waals surface area contributed by atoms with E-state index in [-0.39, 0.29) is 12.8 Å². The van der Waals surface area contributed by atoms with Crippen molar-refractivity contribution in [3.8, 4) is 0 Å². The summed E-state index contributed by atoms with van der Waals surface area (Å²) in [6.07, 6.45) is -0.766. The van der Waals surface area contributed by atoms with Crippen LogP contribution in [0.15, 0.2) is 12.7 Å². The largest absolute Gasteiger partial charge is 0.498 e. The van der Waals surface area contributed by atoms with E-state index in [2.05, 4.69) is 6.58 Å². The number of alkyl halides is 6. The Hall–Kier alpha value is -0.730. The van der Waals surface area contributed by atoms with Crippen LogP contribution >= 0.6 is 0 Å². The number of sulfone groups is 1.